The zero-order valence-electron chi connectivity index (χ0n) is 13.2. The molecule has 0 fully saturated rings. The molecule has 0 aliphatic heterocycles. The molecule has 2 heterocycles. The van der Waals surface area contributed by atoms with Crippen molar-refractivity contribution in [3.8, 4) is 0 Å². The molecule has 2 rings (SSSR count). The highest BCUT2D eigenvalue weighted by Crippen LogP contribution is 2.23. The second-order valence-corrected chi connectivity index (χ2v) is 6.89. The number of furan rings is 2. The van der Waals surface area contributed by atoms with Gasteiger partial charge in [0, 0.05) is 10.8 Å². The Labute approximate surface area is 116 Å². The van der Waals surface area contributed by atoms with Crippen molar-refractivity contribution in [1.82, 2.24) is 0 Å². The van der Waals surface area contributed by atoms with E-state index < -0.39 is 0 Å². The van der Waals surface area contributed by atoms with Gasteiger partial charge in [0.15, 0.2) is 0 Å². The highest BCUT2D eigenvalue weighted by atomic mass is 16.3. The summed E-state index contributed by atoms with van der Waals surface area (Å²) in [7, 11) is 0. The molecule has 0 N–H and O–H groups in total. The summed E-state index contributed by atoms with van der Waals surface area (Å²) in [5.74, 6) is 3.09. The van der Waals surface area contributed by atoms with Gasteiger partial charge < -0.3 is 8.83 Å². The quantitative estimate of drug-likeness (QED) is 0.630. The molecule has 0 amide bonds. The van der Waals surface area contributed by atoms with Crippen molar-refractivity contribution in [2.75, 3.05) is 0 Å². The predicted octanol–water partition coefficient (Wildman–Crippen LogP) is 5.46. The molecule has 0 saturated carbocycles. The Bertz CT molecular complexity index is 476. The van der Waals surface area contributed by atoms with Crippen LogP contribution in [0.5, 0.6) is 0 Å². The van der Waals surface area contributed by atoms with E-state index in [9.17, 15) is 0 Å². The molecule has 0 aliphatic rings. The summed E-state index contributed by atoms with van der Waals surface area (Å²) in [6.07, 6.45) is 1.71. The molecule has 0 unspecified atom stereocenters. The molecular formula is C17H26O2. The van der Waals surface area contributed by atoms with Crippen molar-refractivity contribution in [2.45, 2.75) is 59.3 Å². The zero-order valence-corrected chi connectivity index (χ0v) is 13.2. The molecule has 19 heavy (non-hydrogen) atoms. The van der Waals surface area contributed by atoms with E-state index >= 15 is 0 Å². The summed E-state index contributed by atoms with van der Waals surface area (Å²) < 4.78 is 10.6. The molecule has 0 spiro atoms. The van der Waals surface area contributed by atoms with Crippen molar-refractivity contribution >= 4 is 0 Å². The molecule has 106 valence electrons. The second kappa shape index (κ2) is 5.68. The van der Waals surface area contributed by atoms with Gasteiger partial charge in [0.2, 0.25) is 0 Å². The minimum absolute atomic E-state index is 0.147. The first-order valence-electron chi connectivity index (χ1n) is 6.71. The number of hydrogen-bond donors (Lipinski definition) is 0. The van der Waals surface area contributed by atoms with Crippen molar-refractivity contribution in [1.29, 1.82) is 0 Å². The van der Waals surface area contributed by atoms with Crippen LogP contribution in [0.25, 0.3) is 0 Å². The van der Waals surface area contributed by atoms with Crippen molar-refractivity contribution in [3.63, 3.8) is 0 Å². The van der Waals surface area contributed by atoms with Crippen LogP contribution in [0.15, 0.2) is 39.4 Å². The lowest BCUT2D eigenvalue weighted by atomic mass is 9.94. The fourth-order valence-corrected chi connectivity index (χ4v) is 1.54. The molecule has 2 heteroatoms. The maximum atomic E-state index is 5.45. The van der Waals surface area contributed by atoms with Crippen LogP contribution in [0.2, 0.25) is 0 Å². The number of rotatable bonds is 0. The predicted molar refractivity (Wildman–Crippen MR) is 79.6 cm³/mol. The minimum Gasteiger partial charge on any atom is -0.469 e. The first kappa shape index (κ1) is 15.6. The van der Waals surface area contributed by atoms with Crippen LogP contribution in [0, 0.1) is 6.92 Å². The van der Waals surface area contributed by atoms with Gasteiger partial charge in [-0.15, -0.1) is 0 Å². The van der Waals surface area contributed by atoms with Crippen molar-refractivity contribution in [2.24, 2.45) is 0 Å². The Kier molecular flexibility index (Phi) is 4.67. The third-order valence-corrected chi connectivity index (χ3v) is 2.74. The van der Waals surface area contributed by atoms with E-state index in [0.717, 1.165) is 17.3 Å². The summed E-state index contributed by atoms with van der Waals surface area (Å²) >= 11 is 0. The molecule has 0 aliphatic carbocycles. The third kappa shape index (κ3) is 4.98. The molecule has 2 aromatic rings. The van der Waals surface area contributed by atoms with Gasteiger partial charge in [0.1, 0.15) is 17.3 Å². The zero-order chi connectivity index (χ0) is 14.7. The van der Waals surface area contributed by atoms with Crippen LogP contribution in [-0.4, -0.2) is 0 Å². The van der Waals surface area contributed by atoms with Crippen LogP contribution in [-0.2, 0) is 10.8 Å². The van der Waals surface area contributed by atoms with E-state index in [4.69, 9.17) is 8.83 Å². The first-order valence-corrected chi connectivity index (χ1v) is 6.71. The smallest absolute Gasteiger partial charge is 0.109 e. The molecule has 0 aromatic carbocycles. The van der Waals surface area contributed by atoms with Crippen LogP contribution in [0.1, 0.15) is 58.8 Å². The summed E-state index contributed by atoms with van der Waals surface area (Å²) in [6, 6.07) is 7.95. The molecule has 2 aromatic heterocycles. The average molecular weight is 262 g/mol. The summed E-state index contributed by atoms with van der Waals surface area (Å²) in [5.41, 5.74) is 0.303. The van der Waals surface area contributed by atoms with E-state index in [0.29, 0.717) is 0 Å². The van der Waals surface area contributed by atoms with Crippen LogP contribution in [0.4, 0.5) is 0 Å². The van der Waals surface area contributed by atoms with Gasteiger partial charge in [-0.05, 0) is 31.2 Å². The lowest BCUT2D eigenvalue weighted by Crippen LogP contribution is -2.08. The van der Waals surface area contributed by atoms with E-state index in [2.05, 4.69) is 41.5 Å². The van der Waals surface area contributed by atoms with Crippen LogP contribution >= 0.6 is 0 Å². The van der Waals surface area contributed by atoms with Crippen LogP contribution < -0.4 is 0 Å². The number of hydrogen-bond acceptors (Lipinski definition) is 2. The Morgan fingerprint density at radius 1 is 0.789 bits per heavy atom. The topological polar surface area (TPSA) is 26.3 Å². The third-order valence-electron chi connectivity index (χ3n) is 2.74. The minimum atomic E-state index is 0.147. The monoisotopic (exact) mass is 262 g/mol. The van der Waals surface area contributed by atoms with E-state index in [1.54, 1.807) is 6.26 Å². The highest BCUT2D eigenvalue weighted by molar-refractivity contribution is 5.13. The van der Waals surface area contributed by atoms with E-state index in [-0.39, 0.29) is 10.8 Å². The van der Waals surface area contributed by atoms with E-state index in [1.165, 1.54) is 0 Å². The summed E-state index contributed by atoms with van der Waals surface area (Å²) in [6.45, 7) is 14.8. The molecular weight excluding hydrogens is 236 g/mol. The fourth-order valence-electron chi connectivity index (χ4n) is 1.54. The van der Waals surface area contributed by atoms with Gasteiger partial charge in [-0.2, -0.15) is 0 Å². The van der Waals surface area contributed by atoms with Crippen LogP contribution in [0.3, 0.4) is 0 Å². The molecule has 0 atom stereocenters. The van der Waals surface area contributed by atoms with Gasteiger partial charge in [-0.1, -0.05) is 41.5 Å². The lowest BCUT2D eigenvalue weighted by Gasteiger charge is -2.13. The first-order chi connectivity index (χ1) is 8.60. The van der Waals surface area contributed by atoms with Gasteiger partial charge in [-0.3, -0.25) is 0 Å². The SMILES string of the molecule is CC(C)(C)c1ccco1.Cc1ccc(C(C)(C)C)o1. The summed E-state index contributed by atoms with van der Waals surface area (Å²) in [5, 5.41) is 0. The second-order valence-electron chi connectivity index (χ2n) is 6.89. The lowest BCUT2D eigenvalue weighted by molar-refractivity contribution is 0.395. The largest absolute Gasteiger partial charge is 0.469 e. The molecule has 0 radical (unpaired) electrons. The molecule has 0 saturated heterocycles. The van der Waals surface area contributed by atoms with Gasteiger partial charge >= 0.3 is 0 Å². The standard InChI is InChI=1S/C9H14O.C8H12O/c1-7-5-6-8(10-7)9(2,3)4;1-8(2,3)7-5-4-6-9-7/h5-6H,1-4H3;4-6H,1-3H3. The fraction of sp³-hybridized carbons (Fsp3) is 0.529. The normalized spacial score (nSPS) is 11.9. The maximum absolute atomic E-state index is 5.45. The number of aryl methyl sites for hydroxylation is 1. The average Bonchev–Trinajstić information content (AvgIpc) is 2.84. The highest BCUT2D eigenvalue weighted by Gasteiger charge is 2.16. The molecule has 0 bridgehead atoms. The van der Waals surface area contributed by atoms with Gasteiger partial charge in [0.25, 0.3) is 0 Å². The van der Waals surface area contributed by atoms with Crippen molar-refractivity contribution < 1.29 is 8.83 Å². The summed E-state index contributed by atoms with van der Waals surface area (Å²) in [4.78, 5) is 0. The van der Waals surface area contributed by atoms with E-state index in [1.807, 2.05) is 31.2 Å². The Morgan fingerprint density at radius 2 is 1.37 bits per heavy atom. The Hall–Kier alpha value is -1.44. The molecule has 2 nitrogen and oxygen atoms in total. The maximum Gasteiger partial charge on any atom is 0.109 e. The Balaban J connectivity index is 0.000000191. The van der Waals surface area contributed by atoms with Crippen molar-refractivity contribution in [3.05, 3.63) is 47.8 Å². The van der Waals surface area contributed by atoms with Gasteiger partial charge in [0.05, 0.1) is 6.26 Å². The van der Waals surface area contributed by atoms with Gasteiger partial charge in [-0.25, -0.2) is 0 Å². The Morgan fingerprint density at radius 3 is 1.58 bits per heavy atom.